The van der Waals surface area contributed by atoms with E-state index in [1.807, 2.05) is 7.05 Å². The van der Waals surface area contributed by atoms with E-state index in [0.717, 1.165) is 23.2 Å². The number of hydrogen-bond acceptors (Lipinski definition) is 2. The van der Waals surface area contributed by atoms with E-state index in [1.165, 1.54) is 11.3 Å². The van der Waals surface area contributed by atoms with Crippen LogP contribution < -0.4 is 5.73 Å². The molecule has 0 amide bonds. The van der Waals surface area contributed by atoms with Crippen molar-refractivity contribution in [2.75, 3.05) is 6.54 Å². The van der Waals surface area contributed by atoms with E-state index < -0.39 is 0 Å². The molecule has 0 saturated heterocycles. The zero-order valence-electron chi connectivity index (χ0n) is 10.1. The summed E-state index contributed by atoms with van der Waals surface area (Å²) in [5.74, 6) is 0.981. The average Bonchev–Trinajstić information content (AvgIpc) is 2.78. The number of fused-ring (bicyclic) bond motifs is 3. The van der Waals surface area contributed by atoms with Gasteiger partial charge in [0.1, 0.15) is 0 Å². The van der Waals surface area contributed by atoms with Crippen molar-refractivity contribution >= 4 is 16.8 Å². The fourth-order valence-corrected chi connectivity index (χ4v) is 2.30. The lowest BCUT2D eigenvalue weighted by Crippen LogP contribution is -2.06. The van der Waals surface area contributed by atoms with Crippen LogP contribution in [-0.4, -0.2) is 20.5 Å². The maximum atomic E-state index is 5.61. The highest BCUT2D eigenvalue weighted by molar-refractivity contribution is 5.80. The summed E-state index contributed by atoms with van der Waals surface area (Å²) in [6.45, 7) is 2.75. The fourth-order valence-electron chi connectivity index (χ4n) is 2.30. The van der Waals surface area contributed by atoms with Crippen LogP contribution in [0.4, 0.5) is 0 Å². The first-order valence-corrected chi connectivity index (χ1v) is 5.84. The van der Waals surface area contributed by atoms with Gasteiger partial charge in [-0.25, -0.2) is 4.98 Å². The minimum Gasteiger partial charge on any atom is -0.330 e. The van der Waals surface area contributed by atoms with E-state index in [9.17, 15) is 0 Å². The Morgan fingerprint density at radius 1 is 1.35 bits per heavy atom. The van der Waals surface area contributed by atoms with E-state index in [-0.39, 0.29) is 0 Å². The minimum absolute atomic E-state index is 0.665. The Morgan fingerprint density at radius 2 is 2.18 bits per heavy atom. The van der Waals surface area contributed by atoms with Crippen molar-refractivity contribution < 1.29 is 0 Å². The first-order chi connectivity index (χ1) is 8.20. The van der Waals surface area contributed by atoms with Crippen LogP contribution in [-0.2, 0) is 13.5 Å². The van der Waals surface area contributed by atoms with Crippen LogP contribution in [0.3, 0.4) is 0 Å². The maximum Gasteiger partial charge on any atom is 0.214 e. The molecule has 0 fully saturated rings. The molecule has 0 radical (unpaired) electrons. The van der Waals surface area contributed by atoms with Crippen molar-refractivity contribution in [3.05, 3.63) is 35.7 Å². The number of aromatic nitrogens is 3. The topological polar surface area (TPSA) is 48.2 Å². The number of aryl methyl sites for hydroxylation is 2. The predicted octanol–water partition coefficient (Wildman–Crippen LogP) is 1.64. The second-order valence-corrected chi connectivity index (χ2v) is 4.49. The normalized spacial score (nSPS) is 11.7. The molecule has 2 N–H and O–H groups in total. The molecule has 88 valence electrons. The van der Waals surface area contributed by atoms with Crippen molar-refractivity contribution in [1.82, 2.24) is 14.0 Å². The zero-order valence-corrected chi connectivity index (χ0v) is 10.1. The first-order valence-electron chi connectivity index (χ1n) is 5.84. The maximum absolute atomic E-state index is 5.61. The summed E-state index contributed by atoms with van der Waals surface area (Å²) in [5.41, 5.74) is 10.3. The molecular weight excluding hydrogens is 212 g/mol. The monoisotopic (exact) mass is 228 g/mol. The van der Waals surface area contributed by atoms with Crippen LogP contribution in [0.25, 0.3) is 16.8 Å². The van der Waals surface area contributed by atoms with Crippen molar-refractivity contribution in [3.63, 3.8) is 0 Å². The molecule has 0 bridgehead atoms. The molecule has 2 aromatic heterocycles. The highest BCUT2D eigenvalue weighted by Gasteiger charge is 2.10. The van der Waals surface area contributed by atoms with Gasteiger partial charge >= 0.3 is 0 Å². The third-order valence-electron chi connectivity index (χ3n) is 3.24. The molecule has 0 atom stereocenters. The minimum atomic E-state index is 0.665. The van der Waals surface area contributed by atoms with Gasteiger partial charge in [0.15, 0.2) is 0 Å². The van der Waals surface area contributed by atoms with Crippen LogP contribution >= 0.6 is 0 Å². The van der Waals surface area contributed by atoms with E-state index >= 15 is 0 Å². The second-order valence-electron chi connectivity index (χ2n) is 4.49. The fraction of sp³-hybridized carbons (Fsp3) is 0.308. The molecule has 4 heteroatoms. The summed E-state index contributed by atoms with van der Waals surface area (Å²) >= 11 is 0. The van der Waals surface area contributed by atoms with Gasteiger partial charge in [0.05, 0.1) is 11.0 Å². The lowest BCUT2D eigenvalue weighted by molar-refractivity contribution is 0.820. The number of nitrogens with zero attached hydrogens (tertiary/aromatic N) is 3. The highest BCUT2D eigenvalue weighted by Crippen LogP contribution is 2.20. The number of imidazole rings is 2. The Morgan fingerprint density at radius 3 is 2.94 bits per heavy atom. The molecule has 3 rings (SSSR count). The van der Waals surface area contributed by atoms with E-state index in [4.69, 9.17) is 5.73 Å². The van der Waals surface area contributed by atoms with Crippen molar-refractivity contribution in [2.45, 2.75) is 13.3 Å². The second kappa shape index (κ2) is 3.60. The zero-order chi connectivity index (χ0) is 12.0. The lowest BCUT2D eigenvalue weighted by Gasteiger charge is -1.98. The molecule has 0 aliphatic heterocycles. The highest BCUT2D eigenvalue weighted by atomic mass is 15.2. The van der Waals surface area contributed by atoms with Gasteiger partial charge < -0.3 is 10.3 Å². The Bertz CT molecular complexity index is 690. The molecular formula is C13H16N4. The summed E-state index contributed by atoms with van der Waals surface area (Å²) in [4.78, 5) is 4.66. The quantitative estimate of drug-likeness (QED) is 0.724. The summed E-state index contributed by atoms with van der Waals surface area (Å²) in [5, 5.41) is 0. The van der Waals surface area contributed by atoms with Gasteiger partial charge in [0, 0.05) is 25.4 Å². The Hall–Kier alpha value is -1.81. The molecule has 17 heavy (non-hydrogen) atoms. The Kier molecular flexibility index (Phi) is 2.19. The van der Waals surface area contributed by atoms with E-state index in [1.54, 1.807) is 0 Å². The summed E-state index contributed by atoms with van der Waals surface area (Å²) < 4.78 is 4.25. The molecule has 0 aliphatic carbocycles. The molecule has 4 nitrogen and oxygen atoms in total. The third-order valence-corrected chi connectivity index (χ3v) is 3.24. The third kappa shape index (κ3) is 1.45. The molecule has 0 aliphatic rings. The van der Waals surface area contributed by atoms with Crippen molar-refractivity contribution in [1.29, 1.82) is 0 Å². The molecule has 3 aromatic rings. The Balaban J connectivity index is 2.33. The summed E-state index contributed by atoms with van der Waals surface area (Å²) in [6, 6.07) is 6.36. The first kappa shape index (κ1) is 10.4. The Labute approximate surface area is 99.7 Å². The smallest absolute Gasteiger partial charge is 0.214 e. The average molecular weight is 228 g/mol. The molecule has 0 unspecified atom stereocenters. The van der Waals surface area contributed by atoms with Gasteiger partial charge in [-0.1, -0.05) is 6.07 Å². The van der Waals surface area contributed by atoms with Crippen LogP contribution in [0, 0.1) is 6.92 Å². The molecule has 0 saturated carbocycles. The van der Waals surface area contributed by atoms with Crippen LogP contribution in [0.2, 0.25) is 0 Å². The lowest BCUT2D eigenvalue weighted by atomic mass is 10.2. The number of benzene rings is 1. The van der Waals surface area contributed by atoms with Crippen molar-refractivity contribution in [3.8, 4) is 0 Å². The van der Waals surface area contributed by atoms with Gasteiger partial charge in [0.2, 0.25) is 5.78 Å². The molecule has 1 aromatic carbocycles. The van der Waals surface area contributed by atoms with E-state index in [0.29, 0.717) is 6.54 Å². The standard InChI is InChI=1S/C13H16N4/c1-9-3-4-12-11(7-9)15-13-16(2)10(5-6-14)8-17(12)13/h3-4,7-8H,5-6,14H2,1-2H3. The van der Waals surface area contributed by atoms with Gasteiger partial charge in [-0.15, -0.1) is 0 Å². The SMILES string of the molecule is Cc1ccc2c(c1)nc1n(C)c(CCN)cn21. The van der Waals surface area contributed by atoms with Gasteiger partial charge in [-0.2, -0.15) is 0 Å². The van der Waals surface area contributed by atoms with Crippen LogP contribution in [0.5, 0.6) is 0 Å². The largest absolute Gasteiger partial charge is 0.330 e. The molecule has 0 spiro atoms. The number of rotatable bonds is 2. The van der Waals surface area contributed by atoms with E-state index in [2.05, 4.69) is 45.3 Å². The summed E-state index contributed by atoms with van der Waals surface area (Å²) in [6.07, 6.45) is 3.01. The van der Waals surface area contributed by atoms with Gasteiger partial charge in [-0.05, 0) is 31.2 Å². The molecule has 2 heterocycles. The number of hydrogen-bond donors (Lipinski definition) is 1. The van der Waals surface area contributed by atoms with Crippen LogP contribution in [0.15, 0.2) is 24.4 Å². The number of nitrogens with two attached hydrogens (primary N) is 1. The summed E-state index contributed by atoms with van der Waals surface area (Å²) in [7, 11) is 2.04. The van der Waals surface area contributed by atoms with Gasteiger partial charge in [-0.3, -0.25) is 4.40 Å². The van der Waals surface area contributed by atoms with Crippen molar-refractivity contribution in [2.24, 2.45) is 12.8 Å². The van der Waals surface area contributed by atoms with Gasteiger partial charge in [0.25, 0.3) is 0 Å². The van der Waals surface area contributed by atoms with Crippen LogP contribution in [0.1, 0.15) is 11.3 Å². The predicted molar refractivity (Wildman–Crippen MR) is 69.2 cm³/mol.